The highest BCUT2D eigenvalue weighted by atomic mass is 79.9. The van der Waals surface area contributed by atoms with Crippen LogP contribution in [0.3, 0.4) is 0 Å². The van der Waals surface area contributed by atoms with E-state index in [-0.39, 0.29) is 28.5 Å². The van der Waals surface area contributed by atoms with Gasteiger partial charge in [-0.25, -0.2) is 14.0 Å². The fraction of sp³-hybridized carbons (Fsp3) is 0.318. The maximum atomic E-state index is 13.0. The van der Waals surface area contributed by atoms with Gasteiger partial charge in [0.05, 0.1) is 5.69 Å². The molecule has 0 amide bonds. The lowest BCUT2D eigenvalue weighted by Crippen LogP contribution is -2.43. The lowest BCUT2D eigenvalue weighted by molar-refractivity contribution is 0.0911. The van der Waals surface area contributed by atoms with Gasteiger partial charge in [-0.2, -0.15) is 5.10 Å². The number of carbonyl (C=O) groups excluding carboxylic acids is 1. The number of nitrogens with one attached hydrogen (secondary N) is 1. The predicted octanol–water partition coefficient (Wildman–Crippen LogP) is 3.62. The zero-order valence-corrected chi connectivity index (χ0v) is 20.5. The van der Waals surface area contributed by atoms with Crippen LogP contribution in [0.5, 0.6) is 0 Å². The van der Waals surface area contributed by atoms with Gasteiger partial charge in [0.2, 0.25) is 0 Å². The number of benzene rings is 2. The molecule has 1 saturated heterocycles. The first-order chi connectivity index (χ1) is 14.6. The Kier molecular flexibility index (Phi) is 7.85. The number of piperazine rings is 1. The first-order valence-corrected chi connectivity index (χ1v) is 10.9. The van der Waals surface area contributed by atoms with E-state index in [1.165, 1.54) is 15.6 Å². The van der Waals surface area contributed by atoms with E-state index in [2.05, 4.69) is 31.2 Å². The summed E-state index contributed by atoms with van der Waals surface area (Å²) in [5, 5.41) is 7.60. The molecule has 2 aromatic carbocycles. The highest BCUT2D eigenvalue weighted by Crippen LogP contribution is 2.20. The molecule has 31 heavy (non-hydrogen) atoms. The van der Waals surface area contributed by atoms with Crippen LogP contribution in [0.4, 0.5) is 5.69 Å². The summed E-state index contributed by atoms with van der Waals surface area (Å²) in [5.74, 6) is -0.119. The third kappa shape index (κ3) is 4.99. The average molecular weight is 551 g/mol. The maximum Gasteiger partial charge on any atom is 0.351 e. The van der Waals surface area contributed by atoms with Gasteiger partial charge in [-0.3, -0.25) is 4.79 Å². The molecule has 1 N–H and O–H groups in total. The second-order valence-electron chi connectivity index (χ2n) is 7.28. The molecule has 164 valence electrons. The molecule has 1 aromatic heterocycles. The van der Waals surface area contributed by atoms with E-state index in [1.54, 1.807) is 12.1 Å². The number of rotatable bonds is 6. The number of hydrogen-bond donors (Lipinski definition) is 1. The minimum atomic E-state index is -0.639. The quantitative estimate of drug-likeness (QED) is 0.475. The maximum absolute atomic E-state index is 13.0. The second kappa shape index (κ2) is 10.4. The van der Waals surface area contributed by atoms with Crippen molar-refractivity contribution in [1.29, 1.82) is 0 Å². The fourth-order valence-corrected chi connectivity index (χ4v) is 3.99. The van der Waals surface area contributed by atoms with Gasteiger partial charge in [0.25, 0.3) is 0 Å². The minimum Gasteiger partial charge on any atom is -0.369 e. The fourth-order valence-electron chi connectivity index (χ4n) is 3.73. The highest BCUT2D eigenvalue weighted by molar-refractivity contribution is 9.10. The molecule has 3 aromatic rings. The Balaban J connectivity index is 0.00000272. The van der Waals surface area contributed by atoms with E-state index in [1.807, 2.05) is 43.3 Å². The topological polar surface area (TPSA) is 72.2 Å². The summed E-state index contributed by atoms with van der Waals surface area (Å²) in [6, 6.07) is 14.4. The van der Waals surface area contributed by atoms with Gasteiger partial charge in [0, 0.05) is 41.9 Å². The number of nitrogens with zero attached hydrogens (tertiary/aromatic N) is 4. The predicted molar refractivity (Wildman–Crippen MR) is 131 cm³/mol. The summed E-state index contributed by atoms with van der Waals surface area (Å²) < 4.78 is 3.67. The molecule has 0 saturated carbocycles. The van der Waals surface area contributed by atoms with Crippen LogP contribution < -0.4 is 15.9 Å². The third-order valence-corrected chi connectivity index (χ3v) is 5.95. The smallest absolute Gasteiger partial charge is 0.351 e. The molecule has 1 atom stereocenters. The summed E-state index contributed by atoms with van der Waals surface area (Å²) in [6.45, 7) is 5.76. The van der Waals surface area contributed by atoms with Crippen molar-refractivity contribution < 1.29 is 4.79 Å². The lowest BCUT2D eigenvalue weighted by Gasteiger charge is -2.29. The van der Waals surface area contributed by atoms with E-state index in [0.29, 0.717) is 12.0 Å². The van der Waals surface area contributed by atoms with E-state index < -0.39 is 6.04 Å². The standard InChI is InChI=1S/C22H24BrN5O2.BrH/c1-2-20(21(29)16-3-5-17(23)6-4-16)28-22(30)27(15-25-28)19-9-7-18(8-10-19)26-13-11-24-12-14-26;/h3-10,15,20,24H,2,11-14H2,1H3;1H. The van der Waals surface area contributed by atoms with Crippen molar-refractivity contribution in [3.8, 4) is 5.69 Å². The molecule has 2 heterocycles. The van der Waals surface area contributed by atoms with Crippen molar-refractivity contribution in [2.24, 2.45) is 0 Å². The van der Waals surface area contributed by atoms with E-state index >= 15 is 0 Å². The van der Waals surface area contributed by atoms with E-state index in [4.69, 9.17) is 0 Å². The summed E-state index contributed by atoms with van der Waals surface area (Å²) in [7, 11) is 0. The average Bonchev–Trinajstić information content (AvgIpc) is 3.16. The molecular formula is C22H25Br2N5O2. The van der Waals surface area contributed by atoms with Crippen molar-refractivity contribution in [3.63, 3.8) is 0 Å². The van der Waals surface area contributed by atoms with E-state index in [0.717, 1.165) is 42.0 Å². The Morgan fingerprint density at radius 3 is 2.29 bits per heavy atom. The zero-order valence-electron chi connectivity index (χ0n) is 17.2. The Morgan fingerprint density at radius 2 is 1.68 bits per heavy atom. The van der Waals surface area contributed by atoms with Gasteiger partial charge in [0.1, 0.15) is 12.4 Å². The van der Waals surface area contributed by atoms with Crippen LogP contribution >= 0.6 is 32.9 Å². The number of aromatic nitrogens is 3. The van der Waals surface area contributed by atoms with Gasteiger partial charge in [-0.15, -0.1) is 17.0 Å². The number of anilines is 1. The van der Waals surface area contributed by atoms with Crippen molar-refractivity contribution >= 4 is 44.4 Å². The lowest BCUT2D eigenvalue weighted by atomic mass is 10.0. The monoisotopic (exact) mass is 549 g/mol. The molecule has 0 spiro atoms. The highest BCUT2D eigenvalue weighted by Gasteiger charge is 2.24. The normalized spacial score (nSPS) is 14.7. The molecule has 9 heteroatoms. The number of carbonyl (C=O) groups is 1. The van der Waals surface area contributed by atoms with Crippen molar-refractivity contribution in [1.82, 2.24) is 19.7 Å². The van der Waals surface area contributed by atoms with Crippen LogP contribution in [-0.2, 0) is 0 Å². The molecule has 0 bridgehead atoms. The van der Waals surface area contributed by atoms with Crippen molar-refractivity contribution in [2.45, 2.75) is 19.4 Å². The zero-order chi connectivity index (χ0) is 21.1. The molecule has 7 nitrogen and oxygen atoms in total. The van der Waals surface area contributed by atoms with Crippen molar-refractivity contribution in [2.75, 3.05) is 31.1 Å². The summed E-state index contributed by atoms with van der Waals surface area (Å²) in [4.78, 5) is 28.3. The molecule has 0 radical (unpaired) electrons. The summed E-state index contributed by atoms with van der Waals surface area (Å²) in [6.07, 6.45) is 1.97. The molecule has 0 aliphatic carbocycles. The first kappa shape index (κ1) is 23.4. The number of halogens is 2. The van der Waals surface area contributed by atoms with Crippen LogP contribution in [0.2, 0.25) is 0 Å². The van der Waals surface area contributed by atoms with Gasteiger partial charge in [0.15, 0.2) is 5.78 Å². The number of ketones is 1. The first-order valence-electron chi connectivity index (χ1n) is 10.1. The van der Waals surface area contributed by atoms with Gasteiger partial charge in [-0.1, -0.05) is 35.0 Å². The SMILES string of the molecule is Br.CCC(C(=O)c1ccc(Br)cc1)n1ncn(-c2ccc(N3CCNCC3)cc2)c1=O. The molecule has 1 aliphatic rings. The van der Waals surface area contributed by atoms with Crippen LogP contribution in [0.15, 0.2) is 64.1 Å². The second-order valence-corrected chi connectivity index (χ2v) is 8.19. The van der Waals surface area contributed by atoms with Crippen LogP contribution in [0.25, 0.3) is 5.69 Å². The Labute approximate surface area is 200 Å². The van der Waals surface area contributed by atoms with Crippen molar-refractivity contribution in [3.05, 3.63) is 75.4 Å². The van der Waals surface area contributed by atoms with Crippen LogP contribution in [-0.4, -0.2) is 46.3 Å². The molecule has 1 aliphatic heterocycles. The summed E-state index contributed by atoms with van der Waals surface area (Å²) in [5.41, 5.74) is 2.11. The van der Waals surface area contributed by atoms with Gasteiger partial charge in [-0.05, 0) is 42.8 Å². The Hall–Kier alpha value is -2.23. The minimum absolute atomic E-state index is 0. The number of hydrogen-bond acceptors (Lipinski definition) is 5. The van der Waals surface area contributed by atoms with Gasteiger partial charge < -0.3 is 10.2 Å². The van der Waals surface area contributed by atoms with Gasteiger partial charge >= 0.3 is 5.69 Å². The largest absolute Gasteiger partial charge is 0.369 e. The Morgan fingerprint density at radius 1 is 1.06 bits per heavy atom. The molecule has 1 fully saturated rings. The third-order valence-electron chi connectivity index (χ3n) is 5.42. The molecule has 1 unspecified atom stereocenters. The Bertz CT molecular complexity index is 1070. The summed E-state index contributed by atoms with van der Waals surface area (Å²) >= 11 is 3.38. The molecular weight excluding hydrogens is 526 g/mol. The van der Waals surface area contributed by atoms with Crippen LogP contribution in [0, 0.1) is 0 Å². The van der Waals surface area contributed by atoms with Crippen LogP contribution in [0.1, 0.15) is 29.7 Å². The van der Waals surface area contributed by atoms with E-state index in [9.17, 15) is 9.59 Å². The number of Topliss-reactive ketones (excluding diaryl/α,β-unsaturated/α-hetero) is 1. The molecule has 4 rings (SSSR count).